The van der Waals surface area contributed by atoms with Crippen molar-refractivity contribution in [3.8, 4) is 0 Å². The summed E-state index contributed by atoms with van der Waals surface area (Å²) in [4.78, 5) is 35.5. The summed E-state index contributed by atoms with van der Waals surface area (Å²) < 4.78 is 15.9. The molecule has 0 heterocycles. The van der Waals surface area contributed by atoms with E-state index in [1.165, 1.54) is 0 Å². The third kappa shape index (κ3) is 7.64. The van der Waals surface area contributed by atoms with Gasteiger partial charge in [0.05, 0.1) is 25.0 Å². The molecule has 0 aromatic heterocycles. The maximum atomic E-state index is 12.4. The van der Waals surface area contributed by atoms with Gasteiger partial charge in [0.15, 0.2) is 0 Å². The highest BCUT2D eigenvalue weighted by Gasteiger charge is 2.33. The fraction of sp³-hybridized carbons (Fsp3) is 0.773. The first-order valence-electron chi connectivity index (χ1n) is 10.7. The van der Waals surface area contributed by atoms with Crippen molar-refractivity contribution in [2.75, 3.05) is 13.2 Å². The number of rotatable bonds is 9. The predicted octanol–water partition coefficient (Wildman–Crippen LogP) is 3.97. The van der Waals surface area contributed by atoms with Crippen LogP contribution >= 0.6 is 0 Å². The Bertz CT molecular complexity index is 527. The van der Waals surface area contributed by atoms with E-state index in [4.69, 9.17) is 14.2 Å². The molecular formula is C22H34O6. The summed E-state index contributed by atoms with van der Waals surface area (Å²) in [5.74, 6) is -0.179. The molecule has 2 aliphatic rings. The SMILES string of the molecule is C=CC(=O)OCCCCOC(=O)C1CCC(C(=O)OC2CCC(C)CC2)CC1. The summed E-state index contributed by atoms with van der Waals surface area (Å²) in [6.45, 7) is 6.20. The second-order valence-corrected chi connectivity index (χ2v) is 8.11. The van der Waals surface area contributed by atoms with Crippen molar-refractivity contribution in [2.24, 2.45) is 17.8 Å². The topological polar surface area (TPSA) is 78.9 Å². The molecule has 0 amide bonds. The van der Waals surface area contributed by atoms with Crippen molar-refractivity contribution in [3.63, 3.8) is 0 Å². The van der Waals surface area contributed by atoms with Gasteiger partial charge in [-0.15, -0.1) is 0 Å². The van der Waals surface area contributed by atoms with Crippen LogP contribution in [0.1, 0.15) is 71.1 Å². The standard InChI is InChI=1S/C22H34O6/c1-3-20(23)26-14-4-5-15-27-21(24)17-8-10-18(11-9-17)22(25)28-19-12-6-16(2)7-13-19/h3,16-19H,1,4-15H2,2H3. The van der Waals surface area contributed by atoms with E-state index in [1.807, 2.05) is 0 Å². The quantitative estimate of drug-likeness (QED) is 0.255. The van der Waals surface area contributed by atoms with Crippen LogP contribution in [0.25, 0.3) is 0 Å². The Kier molecular flexibility index (Phi) is 9.51. The average molecular weight is 395 g/mol. The Hall–Kier alpha value is -1.85. The number of carbonyl (C=O) groups is 3. The van der Waals surface area contributed by atoms with Crippen LogP contribution in [0.4, 0.5) is 0 Å². The number of hydrogen-bond donors (Lipinski definition) is 0. The monoisotopic (exact) mass is 394 g/mol. The van der Waals surface area contributed by atoms with Gasteiger partial charge in [-0.25, -0.2) is 4.79 Å². The van der Waals surface area contributed by atoms with Crippen molar-refractivity contribution in [2.45, 2.75) is 77.2 Å². The van der Waals surface area contributed by atoms with Gasteiger partial charge in [-0.2, -0.15) is 0 Å². The highest BCUT2D eigenvalue weighted by molar-refractivity contribution is 5.81. The van der Waals surface area contributed by atoms with Gasteiger partial charge in [0.25, 0.3) is 0 Å². The first-order chi connectivity index (χ1) is 13.5. The minimum atomic E-state index is -0.440. The minimum absolute atomic E-state index is 0.0806. The molecular weight excluding hydrogens is 360 g/mol. The molecule has 2 rings (SSSR count). The van der Waals surface area contributed by atoms with Crippen molar-refractivity contribution < 1.29 is 28.6 Å². The Morgan fingerprint density at radius 2 is 1.36 bits per heavy atom. The molecule has 0 aromatic carbocycles. The number of ether oxygens (including phenoxy) is 3. The van der Waals surface area contributed by atoms with Crippen LogP contribution in [-0.2, 0) is 28.6 Å². The van der Waals surface area contributed by atoms with E-state index in [1.54, 1.807) is 0 Å². The molecule has 0 aliphatic heterocycles. The summed E-state index contributed by atoms with van der Waals surface area (Å²) in [5, 5.41) is 0. The first kappa shape index (κ1) is 22.4. The maximum Gasteiger partial charge on any atom is 0.330 e. The Balaban J connectivity index is 1.56. The van der Waals surface area contributed by atoms with Gasteiger partial charge >= 0.3 is 17.9 Å². The Morgan fingerprint density at radius 1 is 0.821 bits per heavy atom. The molecule has 0 spiro atoms. The molecule has 0 radical (unpaired) electrons. The van der Waals surface area contributed by atoms with E-state index < -0.39 is 5.97 Å². The fourth-order valence-corrected chi connectivity index (χ4v) is 3.90. The van der Waals surface area contributed by atoms with E-state index >= 15 is 0 Å². The van der Waals surface area contributed by atoms with Gasteiger partial charge in [-0.05, 0) is 70.1 Å². The van der Waals surface area contributed by atoms with Crippen LogP contribution in [0.15, 0.2) is 12.7 Å². The number of hydrogen-bond acceptors (Lipinski definition) is 6. The average Bonchev–Trinajstić information content (AvgIpc) is 2.71. The van der Waals surface area contributed by atoms with Crippen LogP contribution < -0.4 is 0 Å². The molecule has 0 unspecified atom stereocenters. The molecule has 28 heavy (non-hydrogen) atoms. The minimum Gasteiger partial charge on any atom is -0.465 e. The summed E-state index contributed by atoms with van der Waals surface area (Å²) in [6.07, 6.45) is 9.46. The zero-order chi connectivity index (χ0) is 20.4. The molecule has 0 saturated heterocycles. The predicted molar refractivity (Wildman–Crippen MR) is 104 cm³/mol. The van der Waals surface area contributed by atoms with Crippen molar-refractivity contribution in [1.29, 1.82) is 0 Å². The van der Waals surface area contributed by atoms with Crippen LogP contribution in [0.5, 0.6) is 0 Å². The molecule has 0 atom stereocenters. The van der Waals surface area contributed by atoms with Crippen LogP contribution in [-0.4, -0.2) is 37.2 Å². The largest absolute Gasteiger partial charge is 0.465 e. The van der Waals surface area contributed by atoms with Gasteiger partial charge in [0, 0.05) is 6.08 Å². The van der Waals surface area contributed by atoms with E-state index in [0.717, 1.165) is 37.7 Å². The van der Waals surface area contributed by atoms with Gasteiger partial charge in [-0.1, -0.05) is 13.5 Å². The van der Waals surface area contributed by atoms with Crippen molar-refractivity contribution in [1.82, 2.24) is 0 Å². The molecule has 6 nitrogen and oxygen atoms in total. The summed E-state index contributed by atoms with van der Waals surface area (Å²) in [5.41, 5.74) is 0. The summed E-state index contributed by atoms with van der Waals surface area (Å²) >= 11 is 0. The third-order valence-corrected chi connectivity index (χ3v) is 5.83. The zero-order valence-electron chi connectivity index (χ0n) is 17.0. The molecule has 2 fully saturated rings. The maximum absolute atomic E-state index is 12.4. The number of esters is 3. The lowest BCUT2D eigenvalue weighted by Crippen LogP contribution is -2.31. The molecule has 158 valence electrons. The molecule has 0 aromatic rings. The lowest BCUT2D eigenvalue weighted by atomic mass is 9.82. The van der Waals surface area contributed by atoms with E-state index in [-0.39, 0.29) is 29.9 Å². The Labute approximate surface area is 168 Å². The normalized spacial score (nSPS) is 27.5. The van der Waals surface area contributed by atoms with Crippen LogP contribution in [0.2, 0.25) is 0 Å². The second-order valence-electron chi connectivity index (χ2n) is 8.11. The van der Waals surface area contributed by atoms with E-state index in [9.17, 15) is 14.4 Å². The van der Waals surface area contributed by atoms with Gasteiger partial charge < -0.3 is 14.2 Å². The smallest absolute Gasteiger partial charge is 0.330 e. The third-order valence-electron chi connectivity index (χ3n) is 5.83. The summed E-state index contributed by atoms with van der Waals surface area (Å²) in [7, 11) is 0. The fourth-order valence-electron chi connectivity index (χ4n) is 3.90. The molecule has 6 heteroatoms. The van der Waals surface area contributed by atoms with E-state index in [2.05, 4.69) is 13.5 Å². The van der Waals surface area contributed by atoms with Crippen LogP contribution in [0, 0.1) is 17.8 Å². The Morgan fingerprint density at radius 3 is 1.93 bits per heavy atom. The van der Waals surface area contributed by atoms with Crippen LogP contribution in [0.3, 0.4) is 0 Å². The summed E-state index contributed by atoms with van der Waals surface area (Å²) in [6, 6.07) is 0. The highest BCUT2D eigenvalue weighted by Crippen LogP contribution is 2.32. The van der Waals surface area contributed by atoms with E-state index in [0.29, 0.717) is 51.7 Å². The molecule has 0 bridgehead atoms. The molecule has 0 N–H and O–H groups in total. The number of carbonyl (C=O) groups excluding carboxylic acids is 3. The number of unbranched alkanes of at least 4 members (excludes halogenated alkanes) is 1. The lowest BCUT2D eigenvalue weighted by Gasteiger charge is -2.30. The second kappa shape index (κ2) is 11.9. The highest BCUT2D eigenvalue weighted by atomic mass is 16.5. The van der Waals surface area contributed by atoms with Gasteiger partial charge in [0.2, 0.25) is 0 Å². The van der Waals surface area contributed by atoms with Crippen molar-refractivity contribution in [3.05, 3.63) is 12.7 Å². The van der Waals surface area contributed by atoms with Gasteiger partial charge in [-0.3, -0.25) is 9.59 Å². The van der Waals surface area contributed by atoms with Gasteiger partial charge in [0.1, 0.15) is 6.10 Å². The molecule has 2 saturated carbocycles. The first-order valence-corrected chi connectivity index (χ1v) is 10.7. The molecule has 2 aliphatic carbocycles. The lowest BCUT2D eigenvalue weighted by molar-refractivity contribution is -0.160. The van der Waals surface area contributed by atoms with Crippen molar-refractivity contribution >= 4 is 17.9 Å². The zero-order valence-corrected chi connectivity index (χ0v) is 17.0.